The number of carbonyl (C=O) groups is 2. The van der Waals surface area contributed by atoms with Crippen LogP contribution in [0.3, 0.4) is 0 Å². The van der Waals surface area contributed by atoms with E-state index >= 15 is 0 Å². The molecule has 0 fully saturated rings. The van der Waals surface area contributed by atoms with Crippen molar-refractivity contribution in [2.45, 2.75) is 52.5 Å². The fourth-order valence-electron chi connectivity index (χ4n) is 2.49. The Bertz CT molecular complexity index is 725. The fourth-order valence-corrected chi connectivity index (χ4v) is 2.49. The minimum Gasteiger partial charge on any atom is -0.480 e. The monoisotopic (exact) mass is 357 g/mol. The molecule has 0 aromatic heterocycles. The molecule has 0 radical (unpaired) electrons. The molecular formula is C20H27N3O3. The summed E-state index contributed by atoms with van der Waals surface area (Å²) < 4.78 is 0. The third kappa shape index (κ3) is 6.25. The highest BCUT2D eigenvalue weighted by Crippen LogP contribution is 2.29. The number of carboxylic acid groups (broad SMARTS) is 1. The summed E-state index contributed by atoms with van der Waals surface area (Å²) in [6.45, 7) is 9.94. The van der Waals surface area contributed by atoms with E-state index in [1.165, 1.54) is 6.20 Å². The number of aliphatic carboxylic acids is 1. The van der Waals surface area contributed by atoms with Crippen LogP contribution in [-0.2, 0) is 15.0 Å². The van der Waals surface area contributed by atoms with E-state index in [-0.39, 0.29) is 16.9 Å². The molecule has 0 spiro atoms. The summed E-state index contributed by atoms with van der Waals surface area (Å²) in [6.07, 6.45) is 1.61. The number of anilines is 1. The van der Waals surface area contributed by atoms with Crippen LogP contribution in [0.2, 0.25) is 0 Å². The van der Waals surface area contributed by atoms with Crippen molar-refractivity contribution in [1.82, 2.24) is 5.32 Å². The molecule has 1 aromatic rings. The Morgan fingerprint density at radius 2 is 1.88 bits per heavy atom. The first-order chi connectivity index (χ1) is 12.1. The molecular weight excluding hydrogens is 330 g/mol. The molecule has 6 heteroatoms. The van der Waals surface area contributed by atoms with Gasteiger partial charge in [-0.15, -0.1) is 0 Å². The van der Waals surface area contributed by atoms with Gasteiger partial charge in [-0.3, -0.25) is 4.79 Å². The number of benzene rings is 1. The van der Waals surface area contributed by atoms with E-state index in [2.05, 4.69) is 31.4 Å². The van der Waals surface area contributed by atoms with E-state index in [0.717, 1.165) is 11.3 Å². The zero-order valence-corrected chi connectivity index (χ0v) is 16.0. The highest BCUT2D eigenvalue weighted by atomic mass is 16.4. The van der Waals surface area contributed by atoms with Gasteiger partial charge in [-0.25, -0.2) is 4.79 Å². The summed E-state index contributed by atoms with van der Waals surface area (Å²) >= 11 is 0. The molecule has 3 N–H and O–H groups in total. The van der Waals surface area contributed by atoms with Gasteiger partial charge in [-0.05, 0) is 29.4 Å². The third-order valence-corrected chi connectivity index (χ3v) is 3.78. The van der Waals surface area contributed by atoms with Crippen LogP contribution in [0.1, 0.15) is 46.6 Å². The maximum absolute atomic E-state index is 12.3. The van der Waals surface area contributed by atoms with Crippen molar-refractivity contribution in [3.8, 4) is 6.07 Å². The van der Waals surface area contributed by atoms with E-state index in [0.29, 0.717) is 6.42 Å². The Balaban J connectivity index is 2.97. The molecule has 1 rings (SSSR count). The van der Waals surface area contributed by atoms with Crippen LogP contribution in [-0.4, -0.2) is 23.0 Å². The van der Waals surface area contributed by atoms with Crippen molar-refractivity contribution in [2.24, 2.45) is 5.92 Å². The Hall–Kier alpha value is -2.81. The Labute approximate surface area is 154 Å². The van der Waals surface area contributed by atoms with Crippen molar-refractivity contribution in [3.05, 3.63) is 41.6 Å². The SMILES string of the molecule is CC(C)CC(NC(=O)/C(C#N)=C\Nc1ccccc1C(C)(C)C)C(=O)O. The van der Waals surface area contributed by atoms with Crippen molar-refractivity contribution in [2.75, 3.05) is 5.32 Å². The fraction of sp³-hybridized carbons (Fsp3) is 0.450. The van der Waals surface area contributed by atoms with Gasteiger partial charge in [0.15, 0.2) is 0 Å². The van der Waals surface area contributed by atoms with Crippen LogP contribution in [0, 0.1) is 17.2 Å². The highest BCUT2D eigenvalue weighted by Gasteiger charge is 2.23. The topological polar surface area (TPSA) is 102 Å². The number of carbonyl (C=O) groups excluding carboxylic acids is 1. The van der Waals surface area contributed by atoms with Crippen molar-refractivity contribution < 1.29 is 14.7 Å². The van der Waals surface area contributed by atoms with Crippen LogP contribution < -0.4 is 10.6 Å². The van der Waals surface area contributed by atoms with E-state index in [1.807, 2.05) is 44.2 Å². The number of amides is 1. The first-order valence-corrected chi connectivity index (χ1v) is 8.56. The van der Waals surface area contributed by atoms with Crippen LogP contribution >= 0.6 is 0 Å². The van der Waals surface area contributed by atoms with Gasteiger partial charge < -0.3 is 15.7 Å². The van der Waals surface area contributed by atoms with Gasteiger partial charge in [-0.2, -0.15) is 5.26 Å². The number of nitrogens with zero attached hydrogens (tertiary/aromatic N) is 1. The average molecular weight is 357 g/mol. The molecule has 0 aliphatic rings. The minimum absolute atomic E-state index is 0.0997. The van der Waals surface area contributed by atoms with Gasteiger partial charge in [-0.1, -0.05) is 52.8 Å². The maximum Gasteiger partial charge on any atom is 0.326 e. The zero-order chi connectivity index (χ0) is 19.9. The number of para-hydroxylation sites is 1. The number of rotatable bonds is 7. The Morgan fingerprint density at radius 3 is 2.38 bits per heavy atom. The predicted molar refractivity (Wildman–Crippen MR) is 101 cm³/mol. The molecule has 0 aliphatic carbocycles. The number of nitrogens with one attached hydrogen (secondary N) is 2. The number of nitriles is 1. The first-order valence-electron chi connectivity index (χ1n) is 8.56. The van der Waals surface area contributed by atoms with Crippen LogP contribution in [0.25, 0.3) is 0 Å². The van der Waals surface area contributed by atoms with E-state index in [9.17, 15) is 20.0 Å². The van der Waals surface area contributed by atoms with Gasteiger partial charge in [0, 0.05) is 11.9 Å². The van der Waals surface area contributed by atoms with E-state index in [4.69, 9.17) is 0 Å². The Kier molecular flexibility index (Phi) is 7.39. The zero-order valence-electron chi connectivity index (χ0n) is 16.0. The summed E-state index contributed by atoms with van der Waals surface area (Å²) in [7, 11) is 0. The lowest BCUT2D eigenvalue weighted by Crippen LogP contribution is -2.42. The standard InChI is InChI=1S/C20H27N3O3/c1-13(2)10-17(19(25)26)23-18(24)14(11-21)12-22-16-9-7-6-8-15(16)20(3,4)5/h6-9,12-13,17,22H,10H2,1-5H3,(H,23,24)(H,25,26)/b14-12-. The number of hydrogen-bond acceptors (Lipinski definition) is 4. The summed E-state index contributed by atoms with van der Waals surface area (Å²) in [5.41, 5.74) is 1.54. The molecule has 0 saturated carbocycles. The summed E-state index contributed by atoms with van der Waals surface area (Å²) in [5.74, 6) is -1.72. The molecule has 26 heavy (non-hydrogen) atoms. The summed E-state index contributed by atoms with van der Waals surface area (Å²) in [5, 5.41) is 23.9. The molecule has 0 saturated heterocycles. The first kappa shape index (κ1) is 21.2. The molecule has 0 bridgehead atoms. The number of hydrogen-bond donors (Lipinski definition) is 3. The van der Waals surface area contributed by atoms with Crippen molar-refractivity contribution in [1.29, 1.82) is 5.26 Å². The second-order valence-corrected chi connectivity index (χ2v) is 7.60. The largest absolute Gasteiger partial charge is 0.480 e. The Morgan fingerprint density at radius 1 is 1.27 bits per heavy atom. The smallest absolute Gasteiger partial charge is 0.326 e. The van der Waals surface area contributed by atoms with Crippen molar-refractivity contribution in [3.63, 3.8) is 0 Å². The predicted octanol–water partition coefficient (Wildman–Crippen LogP) is 3.42. The normalized spacial score (nSPS) is 13.0. The third-order valence-electron chi connectivity index (χ3n) is 3.78. The van der Waals surface area contributed by atoms with Gasteiger partial charge in [0.2, 0.25) is 0 Å². The molecule has 6 nitrogen and oxygen atoms in total. The van der Waals surface area contributed by atoms with Gasteiger partial charge in [0.1, 0.15) is 17.7 Å². The van der Waals surface area contributed by atoms with Gasteiger partial charge in [0.25, 0.3) is 5.91 Å². The second kappa shape index (κ2) is 9.04. The van der Waals surface area contributed by atoms with E-state index < -0.39 is 17.9 Å². The lowest BCUT2D eigenvalue weighted by molar-refractivity contribution is -0.141. The summed E-state index contributed by atoms with van der Waals surface area (Å²) in [6, 6.07) is 8.43. The molecule has 1 atom stereocenters. The van der Waals surface area contributed by atoms with Crippen LogP contribution in [0.4, 0.5) is 5.69 Å². The quantitative estimate of drug-likeness (QED) is 0.512. The minimum atomic E-state index is -1.12. The maximum atomic E-state index is 12.3. The van der Waals surface area contributed by atoms with E-state index in [1.54, 1.807) is 0 Å². The molecule has 0 aliphatic heterocycles. The molecule has 1 unspecified atom stereocenters. The molecule has 0 heterocycles. The number of carboxylic acids is 1. The lowest BCUT2D eigenvalue weighted by atomic mass is 9.86. The van der Waals surface area contributed by atoms with Crippen LogP contribution in [0.5, 0.6) is 0 Å². The molecule has 1 aromatic carbocycles. The average Bonchev–Trinajstić information content (AvgIpc) is 2.53. The highest BCUT2D eigenvalue weighted by molar-refractivity contribution is 5.99. The van der Waals surface area contributed by atoms with Crippen LogP contribution in [0.15, 0.2) is 36.0 Å². The molecule has 140 valence electrons. The second-order valence-electron chi connectivity index (χ2n) is 7.60. The lowest BCUT2D eigenvalue weighted by Gasteiger charge is -2.22. The van der Waals surface area contributed by atoms with Crippen molar-refractivity contribution >= 4 is 17.6 Å². The molecule has 1 amide bonds. The van der Waals surface area contributed by atoms with Gasteiger partial charge in [0.05, 0.1) is 0 Å². The summed E-state index contributed by atoms with van der Waals surface area (Å²) in [4.78, 5) is 23.6. The van der Waals surface area contributed by atoms with Gasteiger partial charge >= 0.3 is 5.97 Å².